The van der Waals surface area contributed by atoms with Crippen LogP contribution in [-0.4, -0.2) is 25.9 Å². The molecule has 174 valence electrons. The Morgan fingerprint density at radius 3 is 2.71 bits per heavy atom. The molecule has 1 amide bonds. The van der Waals surface area contributed by atoms with Crippen molar-refractivity contribution in [3.8, 4) is 11.1 Å². The van der Waals surface area contributed by atoms with Gasteiger partial charge >= 0.3 is 0 Å². The van der Waals surface area contributed by atoms with Gasteiger partial charge in [0.05, 0.1) is 17.1 Å². The molecule has 0 aliphatic heterocycles. The van der Waals surface area contributed by atoms with E-state index < -0.39 is 0 Å². The van der Waals surface area contributed by atoms with Crippen molar-refractivity contribution in [2.24, 2.45) is 0 Å². The first-order chi connectivity index (χ1) is 17.2. The highest BCUT2D eigenvalue weighted by molar-refractivity contribution is 5.95. The standard InChI is InChI=1S/C28H26N6O/c29-26-12-10-22(23-8-4-15-30-18-23)17-27(26)31-28(35)13-11-24-19-34(33-32-24)16-14-21-7-3-6-20-5-1-2-9-25(20)21/h1-10,12,15,17-19H,11,13-14,16,29H2,(H,31,35). The molecule has 0 atom stereocenters. The summed E-state index contributed by atoms with van der Waals surface area (Å²) in [5.41, 5.74) is 11.2. The maximum Gasteiger partial charge on any atom is 0.224 e. The van der Waals surface area contributed by atoms with E-state index in [9.17, 15) is 4.79 Å². The van der Waals surface area contributed by atoms with Gasteiger partial charge in [0, 0.05) is 43.5 Å². The Morgan fingerprint density at radius 1 is 0.943 bits per heavy atom. The van der Waals surface area contributed by atoms with Crippen molar-refractivity contribution >= 4 is 28.1 Å². The lowest BCUT2D eigenvalue weighted by Gasteiger charge is -2.10. The monoisotopic (exact) mass is 462 g/mol. The third kappa shape index (κ3) is 5.35. The number of benzene rings is 3. The fourth-order valence-electron chi connectivity index (χ4n) is 4.14. The molecule has 0 fully saturated rings. The van der Waals surface area contributed by atoms with Crippen molar-refractivity contribution in [2.45, 2.75) is 25.8 Å². The summed E-state index contributed by atoms with van der Waals surface area (Å²) in [4.78, 5) is 16.7. The average molecular weight is 463 g/mol. The van der Waals surface area contributed by atoms with Crippen LogP contribution in [0.15, 0.2) is 91.4 Å². The number of nitrogens with one attached hydrogen (secondary N) is 1. The number of fused-ring (bicyclic) bond motifs is 1. The second-order valence-electron chi connectivity index (χ2n) is 8.45. The fraction of sp³-hybridized carbons (Fsp3) is 0.143. The summed E-state index contributed by atoms with van der Waals surface area (Å²) in [6.45, 7) is 0.727. The molecule has 0 unspecified atom stereocenters. The molecule has 2 heterocycles. The Hall–Kier alpha value is -4.52. The summed E-state index contributed by atoms with van der Waals surface area (Å²) < 4.78 is 1.84. The van der Waals surface area contributed by atoms with Gasteiger partial charge in [-0.25, -0.2) is 0 Å². The number of hydrogen-bond donors (Lipinski definition) is 2. The van der Waals surface area contributed by atoms with Crippen LogP contribution in [0.4, 0.5) is 11.4 Å². The minimum absolute atomic E-state index is 0.120. The largest absolute Gasteiger partial charge is 0.397 e. The Kier molecular flexibility index (Phi) is 6.48. The van der Waals surface area contributed by atoms with Crippen molar-refractivity contribution < 1.29 is 4.79 Å². The number of nitrogens with two attached hydrogens (primary N) is 1. The van der Waals surface area contributed by atoms with Gasteiger partial charge < -0.3 is 11.1 Å². The van der Waals surface area contributed by atoms with Crippen molar-refractivity contribution in [1.82, 2.24) is 20.0 Å². The zero-order chi connectivity index (χ0) is 24.0. The minimum Gasteiger partial charge on any atom is -0.397 e. The first kappa shape index (κ1) is 22.3. The van der Waals surface area contributed by atoms with E-state index in [0.717, 1.165) is 29.8 Å². The van der Waals surface area contributed by atoms with E-state index in [0.29, 0.717) is 24.2 Å². The number of hydrogen-bond acceptors (Lipinski definition) is 5. The van der Waals surface area contributed by atoms with Crippen LogP contribution in [0.3, 0.4) is 0 Å². The van der Waals surface area contributed by atoms with E-state index in [4.69, 9.17) is 5.73 Å². The second kappa shape index (κ2) is 10.2. The number of pyridine rings is 1. The highest BCUT2D eigenvalue weighted by Crippen LogP contribution is 2.27. The SMILES string of the molecule is Nc1ccc(-c2cccnc2)cc1NC(=O)CCc1cn(CCc2cccc3ccccc23)nn1. The molecule has 35 heavy (non-hydrogen) atoms. The van der Waals surface area contributed by atoms with Gasteiger partial charge in [-0.1, -0.05) is 59.8 Å². The first-order valence-electron chi connectivity index (χ1n) is 11.6. The molecule has 2 aromatic heterocycles. The Labute approximate surface area is 203 Å². The Morgan fingerprint density at radius 2 is 1.83 bits per heavy atom. The van der Waals surface area contributed by atoms with Crippen LogP contribution in [0, 0.1) is 0 Å². The molecule has 0 saturated carbocycles. The van der Waals surface area contributed by atoms with Gasteiger partial charge in [-0.15, -0.1) is 5.10 Å². The smallest absolute Gasteiger partial charge is 0.224 e. The third-order valence-corrected chi connectivity index (χ3v) is 6.01. The van der Waals surface area contributed by atoms with Crippen molar-refractivity contribution in [3.63, 3.8) is 0 Å². The van der Waals surface area contributed by atoms with Gasteiger partial charge in [0.1, 0.15) is 0 Å². The maximum atomic E-state index is 12.6. The van der Waals surface area contributed by atoms with Gasteiger partial charge in [-0.2, -0.15) is 0 Å². The lowest BCUT2D eigenvalue weighted by Crippen LogP contribution is -2.13. The van der Waals surface area contributed by atoms with Crippen LogP contribution < -0.4 is 11.1 Å². The number of carbonyl (C=O) groups is 1. The zero-order valence-corrected chi connectivity index (χ0v) is 19.3. The molecule has 0 radical (unpaired) electrons. The third-order valence-electron chi connectivity index (χ3n) is 6.01. The lowest BCUT2D eigenvalue weighted by molar-refractivity contribution is -0.116. The Bertz CT molecular complexity index is 1460. The molecule has 0 spiro atoms. The van der Waals surface area contributed by atoms with E-state index in [1.807, 2.05) is 35.1 Å². The molecular formula is C28H26N6O. The molecule has 5 aromatic rings. The molecule has 0 saturated heterocycles. The van der Waals surface area contributed by atoms with Crippen LogP contribution in [0.1, 0.15) is 17.7 Å². The number of aromatic nitrogens is 4. The van der Waals surface area contributed by atoms with Crippen LogP contribution in [-0.2, 0) is 24.2 Å². The number of anilines is 2. The van der Waals surface area contributed by atoms with Crippen molar-refractivity contribution in [2.75, 3.05) is 11.1 Å². The lowest BCUT2D eigenvalue weighted by atomic mass is 10.0. The molecular weight excluding hydrogens is 436 g/mol. The zero-order valence-electron chi connectivity index (χ0n) is 19.3. The summed E-state index contributed by atoms with van der Waals surface area (Å²) in [6, 6.07) is 24.2. The minimum atomic E-state index is -0.120. The Balaban J connectivity index is 1.17. The van der Waals surface area contributed by atoms with Crippen LogP contribution in [0.5, 0.6) is 0 Å². The van der Waals surface area contributed by atoms with Crippen molar-refractivity contribution in [3.05, 3.63) is 103 Å². The number of nitrogen functional groups attached to an aromatic ring is 1. The molecule has 5 rings (SSSR count). The topological polar surface area (TPSA) is 98.7 Å². The normalized spacial score (nSPS) is 11.0. The summed E-state index contributed by atoms with van der Waals surface area (Å²) in [5, 5.41) is 13.9. The molecule has 0 aliphatic rings. The van der Waals surface area contributed by atoms with E-state index in [1.54, 1.807) is 18.5 Å². The molecule has 3 N–H and O–H groups in total. The number of aryl methyl sites for hydroxylation is 3. The molecule has 7 heteroatoms. The number of nitrogens with zero attached hydrogens (tertiary/aromatic N) is 4. The van der Waals surface area contributed by atoms with Gasteiger partial charge in [0.25, 0.3) is 0 Å². The molecule has 3 aromatic carbocycles. The first-order valence-corrected chi connectivity index (χ1v) is 11.6. The van der Waals surface area contributed by atoms with Crippen molar-refractivity contribution in [1.29, 1.82) is 0 Å². The highest BCUT2D eigenvalue weighted by Gasteiger charge is 2.10. The van der Waals surface area contributed by atoms with E-state index in [1.165, 1.54) is 16.3 Å². The molecule has 7 nitrogen and oxygen atoms in total. The number of amides is 1. The van der Waals surface area contributed by atoms with Crippen LogP contribution >= 0.6 is 0 Å². The summed E-state index contributed by atoms with van der Waals surface area (Å²) in [6.07, 6.45) is 7.07. The predicted molar refractivity (Wildman–Crippen MR) is 139 cm³/mol. The highest BCUT2D eigenvalue weighted by atomic mass is 16.1. The predicted octanol–water partition coefficient (Wildman–Crippen LogP) is 4.89. The number of rotatable bonds is 8. The van der Waals surface area contributed by atoms with Gasteiger partial charge in [-0.3, -0.25) is 14.5 Å². The summed E-state index contributed by atoms with van der Waals surface area (Å²) in [5.74, 6) is -0.120. The summed E-state index contributed by atoms with van der Waals surface area (Å²) >= 11 is 0. The van der Waals surface area contributed by atoms with Gasteiger partial charge in [0.15, 0.2) is 0 Å². The molecule has 0 aliphatic carbocycles. The quantitative estimate of drug-likeness (QED) is 0.320. The van der Waals surface area contributed by atoms with E-state index in [-0.39, 0.29) is 5.91 Å². The summed E-state index contributed by atoms with van der Waals surface area (Å²) in [7, 11) is 0. The van der Waals surface area contributed by atoms with Gasteiger partial charge in [-0.05, 0) is 46.5 Å². The van der Waals surface area contributed by atoms with Crippen LogP contribution in [0.2, 0.25) is 0 Å². The van der Waals surface area contributed by atoms with Crippen LogP contribution in [0.25, 0.3) is 21.9 Å². The number of carbonyl (C=O) groups excluding carboxylic acids is 1. The average Bonchev–Trinajstić information content (AvgIpc) is 3.36. The van der Waals surface area contributed by atoms with E-state index >= 15 is 0 Å². The molecule has 0 bridgehead atoms. The van der Waals surface area contributed by atoms with Gasteiger partial charge in [0.2, 0.25) is 5.91 Å². The van der Waals surface area contributed by atoms with E-state index in [2.05, 4.69) is 63.1 Å². The fourth-order valence-corrected chi connectivity index (χ4v) is 4.14. The second-order valence-corrected chi connectivity index (χ2v) is 8.45. The maximum absolute atomic E-state index is 12.6.